The summed E-state index contributed by atoms with van der Waals surface area (Å²) in [6.07, 6.45) is 8.12. The Morgan fingerprint density at radius 1 is 0.955 bits per heavy atom. The van der Waals surface area contributed by atoms with Gasteiger partial charge in [0.1, 0.15) is 11.5 Å². The largest absolute Gasteiger partial charge is 0.460 e. The molecule has 1 fully saturated rings. The van der Waals surface area contributed by atoms with Gasteiger partial charge in [0.25, 0.3) is 0 Å². The number of rotatable bonds is 4. The van der Waals surface area contributed by atoms with Crippen LogP contribution in [0.3, 0.4) is 0 Å². The van der Waals surface area contributed by atoms with E-state index in [9.17, 15) is 0 Å². The van der Waals surface area contributed by atoms with E-state index in [1.54, 1.807) is 0 Å². The fourth-order valence-corrected chi connectivity index (χ4v) is 3.23. The summed E-state index contributed by atoms with van der Waals surface area (Å²) in [6, 6.07) is 13.0. The molecule has 0 radical (unpaired) electrons. The summed E-state index contributed by atoms with van der Waals surface area (Å²) in [5.41, 5.74) is 1.12. The fourth-order valence-electron chi connectivity index (χ4n) is 2.97. The predicted octanol–water partition coefficient (Wildman–Crippen LogP) is 5.94. The zero-order valence-electron chi connectivity index (χ0n) is 12.7. The maximum absolute atomic E-state index is 5.95. The average molecular weight is 385 g/mol. The number of halogens is 2. The Hall–Kier alpha value is -0.770. The van der Waals surface area contributed by atoms with Crippen molar-refractivity contribution in [1.29, 1.82) is 0 Å². The Morgan fingerprint density at radius 2 is 1.64 bits per heavy atom. The molecule has 0 saturated heterocycles. The first-order chi connectivity index (χ1) is 10.3. The van der Waals surface area contributed by atoms with E-state index in [-0.39, 0.29) is 12.4 Å². The van der Waals surface area contributed by atoms with Gasteiger partial charge >= 0.3 is 0 Å². The molecule has 1 aliphatic carbocycles. The predicted molar refractivity (Wildman–Crippen MR) is 97.4 cm³/mol. The zero-order valence-corrected chi connectivity index (χ0v) is 15.1. The third kappa shape index (κ3) is 4.87. The zero-order chi connectivity index (χ0) is 14.5. The van der Waals surface area contributed by atoms with Crippen LogP contribution >= 0.6 is 28.3 Å². The first-order valence-corrected chi connectivity index (χ1v) is 8.68. The molecule has 1 aromatic carbocycles. The van der Waals surface area contributed by atoms with Crippen molar-refractivity contribution in [2.24, 2.45) is 0 Å². The van der Waals surface area contributed by atoms with Crippen molar-refractivity contribution in [3.8, 4) is 11.3 Å². The number of hydrogen-bond acceptors (Lipinski definition) is 2. The van der Waals surface area contributed by atoms with Gasteiger partial charge in [-0.2, -0.15) is 0 Å². The van der Waals surface area contributed by atoms with Crippen molar-refractivity contribution < 1.29 is 4.42 Å². The first kappa shape index (κ1) is 17.6. The lowest BCUT2D eigenvalue weighted by atomic mass is 10.1. The van der Waals surface area contributed by atoms with Crippen LogP contribution in [-0.4, -0.2) is 6.04 Å². The molecule has 1 N–H and O–H groups in total. The van der Waals surface area contributed by atoms with Gasteiger partial charge in [0.2, 0.25) is 0 Å². The summed E-state index contributed by atoms with van der Waals surface area (Å²) in [5.74, 6) is 1.97. The van der Waals surface area contributed by atoms with Crippen LogP contribution in [0.2, 0.25) is 0 Å². The molecule has 0 unspecified atom stereocenters. The Kier molecular flexibility index (Phi) is 7.00. The van der Waals surface area contributed by atoms with Crippen LogP contribution in [0.25, 0.3) is 11.3 Å². The van der Waals surface area contributed by atoms with Crippen LogP contribution < -0.4 is 5.32 Å². The van der Waals surface area contributed by atoms with Gasteiger partial charge in [0, 0.05) is 16.1 Å². The van der Waals surface area contributed by atoms with E-state index in [0.717, 1.165) is 28.1 Å². The Bertz CT molecular complexity index is 559. The minimum absolute atomic E-state index is 0. The van der Waals surface area contributed by atoms with Gasteiger partial charge in [-0.15, -0.1) is 12.4 Å². The highest BCUT2D eigenvalue weighted by atomic mass is 79.9. The van der Waals surface area contributed by atoms with E-state index in [0.29, 0.717) is 6.04 Å². The van der Waals surface area contributed by atoms with E-state index in [2.05, 4.69) is 45.5 Å². The second kappa shape index (κ2) is 8.76. The molecular weight excluding hydrogens is 362 g/mol. The molecule has 0 bridgehead atoms. The summed E-state index contributed by atoms with van der Waals surface area (Å²) >= 11 is 3.46. The van der Waals surface area contributed by atoms with E-state index >= 15 is 0 Å². The topological polar surface area (TPSA) is 25.2 Å². The molecule has 0 atom stereocenters. The molecule has 22 heavy (non-hydrogen) atoms. The Morgan fingerprint density at radius 3 is 2.32 bits per heavy atom. The van der Waals surface area contributed by atoms with Gasteiger partial charge in [0.05, 0.1) is 6.54 Å². The van der Waals surface area contributed by atoms with Crippen molar-refractivity contribution in [2.45, 2.75) is 51.1 Å². The molecule has 1 aliphatic rings. The van der Waals surface area contributed by atoms with E-state index in [4.69, 9.17) is 4.42 Å². The van der Waals surface area contributed by atoms with Crippen molar-refractivity contribution in [1.82, 2.24) is 5.32 Å². The molecule has 2 nitrogen and oxygen atoms in total. The molecule has 120 valence electrons. The van der Waals surface area contributed by atoms with Crippen LogP contribution in [0.4, 0.5) is 0 Å². The van der Waals surface area contributed by atoms with Crippen molar-refractivity contribution >= 4 is 28.3 Å². The highest BCUT2D eigenvalue weighted by Crippen LogP contribution is 2.24. The lowest BCUT2D eigenvalue weighted by molar-refractivity contribution is 0.420. The van der Waals surface area contributed by atoms with Gasteiger partial charge in [0.15, 0.2) is 0 Å². The SMILES string of the molecule is Brc1ccc(-c2ccc(CNC3CCCCCC3)o2)cc1.Cl. The summed E-state index contributed by atoms with van der Waals surface area (Å²) in [5, 5.41) is 3.65. The lowest BCUT2D eigenvalue weighted by Gasteiger charge is -2.14. The minimum Gasteiger partial charge on any atom is -0.460 e. The van der Waals surface area contributed by atoms with Crippen molar-refractivity contribution in [2.75, 3.05) is 0 Å². The molecular formula is C18H23BrClNO. The molecule has 2 aromatic rings. The third-order valence-electron chi connectivity index (χ3n) is 4.21. The van der Waals surface area contributed by atoms with E-state index in [1.165, 1.54) is 38.5 Å². The highest BCUT2D eigenvalue weighted by molar-refractivity contribution is 9.10. The normalized spacial score (nSPS) is 16.0. The number of furan rings is 1. The molecule has 1 heterocycles. The van der Waals surface area contributed by atoms with Gasteiger partial charge in [-0.05, 0) is 37.1 Å². The summed E-state index contributed by atoms with van der Waals surface area (Å²) < 4.78 is 7.04. The smallest absolute Gasteiger partial charge is 0.134 e. The maximum atomic E-state index is 5.95. The monoisotopic (exact) mass is 383 g/mol. The van der Waals surface area contributed by atoms with Gasteiger partial charge < -0.3 is 9.73 Å². The molecule has 1 aromatic heterocycles. The second-order valence-corrected chi connectivity index (χ2v) is 6.76. The van der Waals surface area contributed by atoms with Gasteiger partial charge in [-0.1, -0.05) is 53.7 Å². The van der Waals surface area contributed by atoms with Gasteiger partial charge in [-0.3, -0.25) is 0 Å². The highest BCUT2D eigenvalue weighted by Gasteiger charge is 2.12. The average Bonchev–Trinajstić information content (AvgIpc) is 2.81. The number of hydrogen-bond donors (Lipinski definition) is 1. The molecule has 4 heteroatoms. The summed E-state index contributed by atoms with van der Waals surface area (Å²) in [7, 11) is 0. The van der Waals surface area contributed by atoms with E-state index in [1.807, 2.05) is 12.1 Å². The van der Waals surface area contributed by atoms with Crippen LogP contribution in [0.15, 0.2) is 45.3 Å². The Labute approximate surface area is 147 Å². The maximum Gasteiger partial charge on any atom is 0.134 e. The number of nitrogens with one attached hydrogen (secondary N) is 1. The molecule has 0 amide bonds. The summed E-state index contributed by atoms with van der Waals surface area (Å²) in [6.45, 7) is 0.835. The molecule has 1 saturated carbocycles. The van der Waals surface area contributed by atoms with Crippen LogP contribution in [0.5, 0.6) is 0 Å². The van der Waals surface area contributed by atoms with Crippen molar-refractivity contribution in [3.05, 3.63) is 46.6 Å². The minimum atomic E-state index is 0. The van der Waals surface area contributed by atoms with E-state index < -0.39 is 0 Å². The molecule has 3 rings (SSSR count). The van der Waals surface area contributed by atoms with Gasteiger partial charge in [-0.25, -0.2) is 0 Å². The van der Waals surface area contributed by atoms with Crippen LogP contribution in [-0.2, 0) is 6.54 Å². The van der Waals surface area contributed by atoms with Crippen LogP contribution in [0, 0.1) is 0 Å². The fraction of sp³-hybridized carbons (Fsp3) is 0.444. The number of benzene rings is 1. The standard InChI is InChI=1S/C18H22BrNO.ClH/c19-15-9-7-14(8-10-15)18-12-11-17(21-18)13-20-16-5-3-1-2-4-6-16;/h7-12,16,20H,1-6,13H2;1H. The van der Waals surface area contributed by atoms with Crippen molar-refractivity contribution in [3.63, 3.8) is 0 Å². The second-order valence-electron chi connectivity index (χ2n) is 5.84. The van der Waals surface area contributed by atoms with Crippen LogP contribution in [0.1, 0.15) is 44.3 Å². The quantitative estimate of drug-likeness (QED) is 0.659. The Balaban J connectivity index is 0.00000176. The molecule has 0 aliphatic heterocycles. The first-order valence-electron chi connectivity index (χ1n) is 7.89. The third-order valence-corrected chi connectivity index (χ3v) is 4.74. The lowest BCUT2D eigenvalue weighted by Crippen LogP contribution is -2.27. The summed E-state index contributed by atoms with van der Waals surface area (Å²) in [4.78, 5) is 0. The molecule has 0 spiro atoms.